The van der Waals surface area contributed by atoms with Gasteiger partial charge in [0.25, 0.3) is 11.8 Å². The van der Waals surface area contributed by atoms with Crippen LogP contribution in [-0.4, -0.2) is 37.4 Å². The van der Waals surface area contributed by atoms with Gasteiger partial charge < -0.3 is 16.0 Å². The second-order valence-electron chi connectivity index (χ2n) is 4.96. The van der Waals surface area contributed by atoms with Crippen LogP contribution in [0.2, 0.25) is 0 Å². The van der Waals surface area contributed by atoms with Crippen molar-refractivity contribution in [2.75, 3.05) is 19.6 Å². The van der Waals surface area contributed by atoms with E-state index in [0.29, 0.717) is 23.5 Å². The fourth-order valence-corrected chi connectivity index (χ4v) is 2.58. The molecular formula is C17H19N3O3S. The molecule has 0 atom stereocenters. The summed E-state index contributed by atoms with van der Waals surface area (Å²) in [7, 11) is 0. The van der Waals surface area contributed by atoms with E-state index < -0.39 is 0 Å². The second kappa shape index (κ2) is 9.46. The summed E-state index contributed by atoms with van der Waals surface area (Å²) < 4.78 is 0. The van der Waals surface area contributed by atoms with Crippen molar-refractivity contribution in [3.8, 4) is 0 Å². The summed E-state index contributed by atoms with van der Waals surface area (Å²) in [5.41, 5.74) is 0.583. The second-order valence-corrected chi connectivity index (χ2v) is 5.90. The average Bonchev–Trinajstić information content (AvgIpc) is 3.14. The van der Waals surface area contributed by atoms with E-state index in [9.17, 15) is 14.4 Å². The molecular weight excluding hydrogens is 326 g/mol. The van der Waals surface area contributed by atoms with Crippen LogP contribution in [0.1, 0.15) is 26.5 Å². The number of rotatable bonds is 8. The Balaban J connectivity index is 1.55. The van der Waals surface area contributed by atoms with Crippen LogP contribution in [0.25, 0.3) is 0 Å². The van der Waals surface area contributed by atoms with Gasteiger partial charge in [0.15, 0.2) is 0 Å². The molecule has 6 nitrogen and oxygen atoms in total. The molecule has 126 valence electrons. The van der Waals surface area contributed by atoms with Gasteiger partial charge in [-0.2, -0.15) is 0 Å². The Morgan fingerprint density at radius 2 is 1.50 bits per heavy atom. The highest BCUT2D eigenvalue weighted by molar-refractivity contribution is 7.12. The third kappa shape index (κ3) is 5.85. The SMILES string of the molecule is O=C(CCNC(=O)c1cccs1)NCCNC(=O)c1ccccc1. The molecule has 1 heterocycles. The quantitative estimate of drug-likeness (QED) is 0.632. The number of carbonyl (C=O) groups is 3. The summed E-state index contributed by atoms with van der Waals surface area (Å²) in [4.78, 5) is 35.7. The largest absolute Gasteiger partial charge is 0.354 e. The van der Waals surface area contributed by atoms with Crippen LogP contribution in [0.15, 0.2) is 47.8 Å². The van der Waals surface area contributed by atoms with Gasteiger partial charge in [-0.25, -0.2) is 0 Å². The van der Waals surface area contributed by atoms with Crippen LogP contribution in [-0.2, 0) is 4.79 Å². The number of carbonyl (C=O) groups excluding carboxylic acids is 3. The molecule has 2 rings (SSSR count). The first-order valence-electron chi connectivity index (χ1n) is 7.58. The molecule has 0 saturated carbocycles. The van der Waals surface area contributed by atoms with Crippen molar-refractivity contribution in [3.63, 3.8) is 0 Å². The Morgan fingerprint density at radius 3 is 2.21 bits per heavy atom. The Bertz CT molecular complexity index is 672. The van der Waals surface area contributed by atoms with Crippen LogP contribution in [0.4, 0.5) is 0 Å². The summed E-state index contributed by atoms with van der Waals surface area (Å²) in [6.45, 7) is 0.968. The van der Waals surface area contributed by atoms with Gasteiger partial charge in [0.05, 0.1) is 4.88 Å². The molecule has 0 radical (unpaired) electrons. The molecule has 2 aromatic rings. The minimum atomic E-state index is -0.173. The highest BCUT2D eigenvalue weighted by Crippen LogP contribution is 2.07. The summed E-state index contributed by atoms with van der Waals surface area (Å²) in [5, 5.41) is 9.93. The summed E-state index contributed by atoms with van der Waals surface area (Å²) in [6, 6.07) is 12.4. The van der Waals surface area contributed by atoms with Crippen molar-refractivity contribution in [2.45, 2.75) is 6.42 Å². The highest BCUT2D eigenvalue weighted by Gasteiger charge is 2.07. The Labute approximate surface area is 144 Å². The third-order valence-electron chi connectivity index (χ3n) is 3.15. The zero-order valence-electron chi connectivity index (χ0n) is 13.1. The smallest absolute Gasteiger partial charge is 0.261 e. The van der Waals surface area contributed by atoms with E-state index >= 15 is 0 Å². The van der Waals surface area contributed by atoms with Gasteiger partial charge in [0, 0.05) is 31.6 Å². The molecule has 0 fully saturated rings. The van der Waals surface area contributed by atoms with E-state index in [1.54, 1.807) is 36.4 Å². The molecule has 0 saturated heterocycles. The topological polar surface area (TPSA) is 87.3 Å². The lowest BCUT2D eigenvalue weighted by atomic mass is 10.2. The zero-order chi connectivity index (χ0) is 17.2. The fraction of sp³-hybridized carbons (Fsp3) is 0.235. The first-order valence-corrected chi connectivity index (χ1v) is 8.46. The van der Waals surface area contributed by atoms with Crippen LogP contribution in [0, 0.1) is 0 Å². The zero-order valence-corrected chi connectivity index (χ0v) is 13.9. The first-order chi connectivity index (χ1) is 11.7. The Kier molecular flexibility index (Phi) is 6.97. The number of nitrogens with one attached hydrogen (secondary N) is 3. The molecule has 0 aliphatic rings. The molecule has 0 bridgehead atoms. The van der Waals surface area contributed by atoms with Gasteiger partial charge in [-0.3, -0.25) is 14.4 Å². The van der Waals surface area contributed by atoms with Crippen molar-refractivity contribution in [1.82, 2.24) is 16.0 Å². The van der Waals surface area contributed by atoms with Crippen molar-refractivity contribution >= 4 is 29.1 Å². The maximum absolute atomic E-state index is 11.8. The lowest BCUT2D eigenvalue weighted by molar-refractivity contribution is -0.120. The van der Waals surface area contributed by atoms with Gasteiger partial charge in [-0.15, -0.1) is 11.3 Å². The predicted octanol–water partition coefficient (Wildman–Crippen LogP) is 1.41. The van der Waals surface area contributed by atoms with E-state index in [0.717, 1.165) is 0 Å². The first kappa shape index (κ1) is 17.7. The number of amides is 3. The molecule has 24 heavy (non-hydrogen) atoms. The van der Waals surface area contributed by atoms with Crippen LogP contribution in [0.5, 0.6) is 0 Å². The van der Waals surface area contributed by atoms with E-state index in [2.05, 4.69) is 16.0 Å². The fourth-order valence-electron chi connectivity index (χ4n) is 1.94. The maximum Gasteiger partial charge on any atom is 0.261 e. The number of benzene rings is 1. The molecule has 1 aromatic heterocycles. The van der Waals surface area contributed by atoms with Crippen molar-refractivity contribution in [1.29, 1.82) is 0 Å². The minimum Gasteiger partial charge on any atom is -0.354 e. The monoisotopic (exact) mass is 345 g/mol. The number of hydrogen-bond donors (Lipinski definition) is 3. The number of thiophene rings is 1. The van der Waals surface area contributed by atoms with Crippen LogP contribution >= 0.6 is 11.3 Å². The predicted molar refractivity (Wildman–Crippen MR) is 93.1 cm³/mol. The molecule has 0 aliphatic carbocycles. The van der Waals surface area contributed by atoms with Gasteiger partial charge in [-0.1, -0.05) is 24.3 Å². The van der Waals surface area contributed by atoms with E-state index in [-0.39, 0.29) is 30.7 Å². The summed E-state index contributed by atoms with van der Waals surface area (Å²) in [5.74, 6) is -0.517. The molecule has 0 unspecified atom stereocenters. The molecule has 0 aliphatic heterocycles. The molecule has 1 aromatic carbocycles. The van der Waals surface area contributed by atoms with Gasteiger partial charge >= 0.3 is 0 Å². The van der Waals surface area contributed by atoms with Crippen LogP contribution in [0.3, 0.4) is 0 Å². The summed E-state index contributed by atoms with van der Waals surface area (Å²) >= 11 is 1.35. The lowest BCUT2D eigenvalue weighted by Crippen LogP contribution is -2.36. The van der Waals surface area contributed by atoms with E-state index in [1.165, 1.54) is 11.3 Å². The molecule has 7 heteroatoms. The normalized spacial score (nSPS) is 10.0. The van der Waals surface area contributed by atoms with E-state index in [4.69, 9.17) is 0 Å². The lowest BCUT2D eigenvalue weighted by Gasteiger charge is -2.07. The highest BCUT2D eigenvalue weighted by atomic mass is 32.1. The summed E-state index contributed by atoms with van der Waals surface area (Å²) in [6.07, 6.45) is 0.198. The molecule has 3 N–H and O–H groups in total. The maximum atomic E-state index is 11.8. The third-order valence-corrected chi connectivity index (χ3v) is 4.02. The van der Waals surface area contributed by atoms with Gasteiger partial charge in [-0.05, 0) is 23.6 Å². The van der Waals surface area contributed by atoms with Crippen molar-refractivity contribution in [2.24, 2.45) is 0 Å². The van der Waals surface area contributed by atoms with Gasteiger partial charge in [0.2, 0.25) is 5.91 Å². The van der Waals surface area contributed by atoms with Crippen molar-refractivity contribution < 1.29 is 14.4 Å². The molecule has 3 amide bonds. The standard InChI is InChI=1S/C17H19N3O3S/c21-15(8-9-19-17(23)14-7-4-12-24-14)18-10-11-20-16(22)13-5-2-1-3-6-13/h1-7,12H,8-11H2,(H,18,21)(H,19,23)(H,20,22). The van der Waals surface area contributed by atoms with E-state index in [1.807, 2.05) is 11.4 Å². The Hall–Kier alpha value is -2.67. The van der Waals surface area contributed by atoms with Crippen molar-refractivity contribution in [3.05, 3.63) is 58.3 Å². The average molecular weight is 345 g/mol. The van der Waals surface area contributed by atoms with Gasteiger partial charge in [0.1, 0.15) is 0 Å². The number of hydrogen-bond acceptors (Lipinski definition) is 4. The molecule has 0 spiro atoms. The minimum absolute atomic E-state index is 0.171. The van der Waals surface area contributed by atoms with Crippen LogP contribution < -0.4 is 16.0 Å². The Morgan fingerprint density at radius 1 is 0.792 bits per heavy atom.